The van der Waals surface area contributed by atoms with Crippen molar-refractivity contribution in [2.75, 3.05) is 14.2 Å². The molecule has 0 amide bonds. The Kier molecular flexibility index (Phi) is 16.3. The Morgan fingerprint density at radius 1 is 0.413 bits per heavy atom. The van der Waals surface area contributed by atoms with Crippen molar-refractivity contribution in [2.24, 2.45) is 0 Å². The molecule has 0 aliphatic carbocycles. The van der Waals surface area contributed by atoms with Gasteiger partial charge in [0.15, 0.2) is 0 Å². The lowest BCUT2D eigenvalue weighted by Crippen LogP contribution is -2.18. The van der Waals surface area contributed by atoms with Crippen molar-refractivity contribution in [1.82, 2.24) is 0 Å². The van der Waals surface area contributed by atoms with Crippen LogP contribution >= 0.6 is 0 Å². The average molecular weight is 629 g/mol. The first kappa shape index (κ1) is 39.4. The Bertz CT molecular complexity index is 1340. The van der Waals surface area contributed by atoms with Crippen LogP contribution in [-0.2, 0) is 20.4 Å². The van der Waals surface area contributed by atoms with Gasteiger partial charge >= 0.3 is 11.9 Å². The van der Waals surface area contributed by atoms with Crippen LogP contribution in [0.4, 0.5) is 0 Å². The molecule has 0 atom stereocenters. The Morgan fingerprint density at radius 3 is 0.783 bits per heavy atom. The van der Waals surface area contributed by atoms with Gasteiger partial charge in [-0.2, -0.15) is 0 Å². The zero-order valence-corrected chi connectivity index (χ0v) is 29.7. The summed E-state index contributed by atoms with van der Waals surface area (Å²) in [6, 6.07) is 31.4. The number of carbonyl (C=O) groups excluding carboxylic acids is 2. The normalized spacial score (nSPS) is 10.3. The highest BCUT2D eigenvalue weighted by Crippen LogP contribution is 2.34. The summed E-state index contributed by atoms with van der Waals surface area (Å²) in [4.78, 5) is 21.9. The van der Waals surface area contributed by atoms with Crippen LogP contribution in [0.15, 0.2) is 97.1 Å². The maximum absolute atomic E-state index is 10.9. The van der Waals surface area contributed by atoms with Gasteiger partial charge in [-0.25, -0.2) is 0 Å². The number of carbonyl (C=O) groups is 2. The van der Waals surface area contributed by atoms with E-state index in [-0.39, 0.29) is 22.8 Å². The number of hydrogen-bond donors (Lipinski definition) is 0. The Hall–Kier alpha value is -4.58. The van der Waals surface area contributed by atoms with E-state index in [1.54, 1.807) is 14.2 Å². The summed E-state index contributed by atoms with van der Waals surface area (Å²) < 4.78 is 20.5. The van der Waals surface area contributed by atoms with Crippen LogP contribution in [0.2, 0.25) is 0 Å². The van der Waals surface area contributed by atoms with Gasteiger partial charge in [0.2, 0.25) is 0 Å². The fraction of sp³-hybridized carbons (Fsp3) is 0.350. The Balaban J connectivity index is 0.000000415. The van der Waals surface area contributed by atoms with Gasteiger partial charge in [0, 0.05) is 24.7 Å². The molecule has 0 saturated heterocycles. The number of ether oxygens (including phenoxy) is 4. The van der Waals surface area contributed by atoms with E-state index in [1.165, 1.54) is 25.0 Å². The largest absolute Gasteiger partial charge is 0.497 e. The molecule has 4 rings (SSSR count). The monoisotopic (exact) mass is 628 g/mol. The molecule has 46 heavy (non-hydrogen) atoms. The minimum atomic E-state index is -0.308. The van der Waals surface area contributed by atoms with E-state index in [0.29, 0.717) is 11.5 Å². The molecule has 0 unspecified atom stereocenters. The summed E-state index contributed by atoms with van der Waals surface area (Å²) in [5.74, 6) is 2.21. The Morgan fingerprint density at radius 2 is 0.609 bits per heavy atom. The molecule has 0 fully saturated rings. The quantitative estimate of drug-likeness (QED) is 0.143. The minimum absolute atomic E-state index is 0.138. The predicted octanol–water partition coefficient (Wildman–Crippen LogP) is 9.95. The van der Waals surface area contributed by atoms with Crippen LogP contribution in [0.3, 0.4) is 0 Å². The van der Waals surface area contributed by atoms with E-state index < -0.39 is 0 Å². The minimum Gasteiger partial charge on any atom is -0.497 e. The first-order valence-electron chi connectivity index (χ1n) is 15.7. The fourth-order valence-electron chi connectivity index (χ4n) is 4.56. The van der Waals surface area contributed by atoms with Gasteiger partial charge in [-0.05, 0) is 70.8 Å². The number of hydrogen-bond acceptors (Lipinski definition) is 6. The first-order valence-corrected chi connectivity index (χ1v) is 15.7. The second-order valence-corrected chi connectivity index (χ2v) is 10.9. The van der Waals surface area contributed by atoms with E-state index in [2.05, 4.69) is 52.0 Å². The summed E-state index contributed by atoms with van der Waals surface area (Å²) in [6.45, 7) is 19.4. The van der Waals surface area contributed by atoms with Gasteiger partial charge in [-0.15, -0.1) is 0 Å². The third-order valence-corrected chi connectivity index (χ3v) is 7.30. The third-order valence-electron chi connectivity index (χ3n) is 7.30. The van der Waals surface area contributed by atoms with E-state index in [1.807, 2.05) is 100 Å². The highest BCUT2D eigenvalue weighted by molar-refractivity contribution is 5.69. The summed E-state index contributed by atoms with van der Waals surface area (Å²) >= 11 is 0. The van der Waals surface area contributed by atoms with E-state index in [9.17, 15) is 9.59 Å². The van der Waals surface area contributed by atoms with Gasteiger partial charge in [0.05, 0.1) is 14.2 Å². The van der Waals surface area contributed by atoms with Gasteiger partial charge in [-0.1, -0.05) is 104 Å². The number of methoxy groups -OCH3 is 2. The van der Waals surface area contributed by atoms with Gasteiger partial charge < -0.3 is 18.9 Å². The predicted molar refractivity (Wildman–Crippen MR) is 188 cm³/mol. The van der Waals surface area contributed by atoms with Gasteiger partial charge in [0.1, 0.15) is 23.0 Å². The summed E-state index contributed by atoms with van der Waals surface area (Å²) in [5.41, 5.74) is 4.43. The summed E-state index contributed by atoms with van der Waals surface area (Å²) in [5, 5.41) is 0. The average Bonchev–Trinajstić information content (AvgIpc) is 3.07. The number of esters is 2. The zero-order valence-electron chi connectivity index (χ0n) is 29.7. The fourth-order valence-corrected chi connectivity index (χ4v) is 4.56. The molecule has 0 saturated carbocycles. The van der Waals surface area contributed by atoms with E-state index in [4.69, 9.17) is 18.9 Å². The molecule has 0 heterocycles. The zero-order chi connectivity index (χ0) is 34.9. The van der Waals surface area contributed by atoms with E-state index in [0.717, 1.165) is 22.6 Å². The molecule has 0 spiro atoms. The van der Waals surface area contributed by atoms with Crippen LogP contribution in [0.5, 0.6) is 23.0 Å². The van der Waals surface area contributed by atoms with Gasteiger partial charge in [-0.3, -0.25) is 9.59 Å². The third kappa shape index (κ3) is 11.4. The highest BCUT2D eigenvalue weighted by atomic mass is 16.5. The lowest BCUT2D eigenvalue weighted by molar-refractivity contribution is -0.132. The van der Waals surface area contributed by atoms with Crippen molar-refractivity contribution in [2.45, 2.75) is 80.1 Å². The SMILES string of the molecule is CC.CC.COc1ccc(C(C)(C)c2ccc(OC(C)=O)cc2)cc1.COc1ccc(C(C)(C)c2ccc(OC(C)=O)cc2)cc1. The van der Waals surface area contributed by atoms with Crippen molar-refractivity contribution >= 4 is 11.9 Å². The molecule has 0 radical (unpaired) electrons. The standard InChI is InChI=1S/2C18H20O3.2C2H6/c2*1-13(19)21-17-11-7-15(8-12-17)18(2,3)14-5-9-16(20-4)10-6-14;2*1-2/h2*5-12H,1-4H3;2*1-2H3. The first-order chi connectivity index (χ1) is 21.9. The van der Waals surface area contributed by atoms with Crippen molar-refractivity contribution in [3.8, 4) is 23.0 Å². The molecule has 0 aliphatic rings. The molecule has 0 aliphatic heterocycles. The summed E-state index contributed by atoms with van der Waals surface area (Å²) in [7, 11) is 3.32. The highest BCUT2D eigenvalue weighted by Gasteiger charge is 2.24. The maximum Gasteiger partial charge on any atom is 0.308 e. The maximum atomic E-state index is 10.9. The van der Waals surface area contributed by atoms with Crippen molar-refractivity contribution in [1.29, 1.82) is 0 Å². The van der Waals surface area contributed by atoms with Crippen molar-refractivity contribution < 1.29 is 28.5 Å². The van der Waals surface area contributed by atoms with Crippen LogP contribution in [0.25, 0.3) is 0 Å². The second kappa shape index (κ2) is 19.1. The molecular formula is C40H52O6. The topological polar surface area (TPSA) is 71.1 Å². The molecule has 6 heteroatoms. The van der Waals surface area contributed by atoms with Gasteiger partial charge in [0.25, 0.3) is 0 Å². The van der Waals surface area contributed by atoms with Crippen molar-refractivity contribution in [3.63, 3.8) is 0 Å². The molecule has 0 N–H and O–H groups in total. The number of benzene rings is 4. The molecular weight excluding hydrogens is 576 g/mol. The Labute approximate surface area is 276 Å². The number of rotatable bonds is 8. The van der Waals surface area contributed by atoms with E-state index >= 15 is 0 Å². The van der Waals surface area contributed by atoms with Crippen LogP contribution in [0.1, 0.15) is 91.5 Å². The molecule has 4 aromatic rings. The summed E-state index contributed by atoms with van der Waals surface area (Å²) in [6.07, 6.45) is 0. The molecule has 248 valence electrons. The second-order valence-electron chi connectivity index (χ2n) is 10.9. The molecule has 0 aromatic heterocycles. The lowest BCUT2D eigenvalue weighted by Gasteiger charge is -2.26. The van der Waals surface area contributed by atoms with Crippen LogP contribution < -0.4 is 18.9 Å². The molecule has 6 nitrogen and oxygen atoms in total. The smallest absolute Gasteiger partial charge is 0.308 e. The lowest BCUT2D eigenvalue weighted by atomic mass is 9.78. The molecule has 0 bridgehead atoms. The van der Waals surface area contributed by atoms with Crippen LogP contribution in [-0.4, -0.2) is 26.2 Å². The van der Waals surface area contributed by atoms with Crippen LogP contribution in [0, 0.1) is 0 Å². The molecule has 4 aromatic carbocycles. The van der Waals surface area contributed by atoms with Crippen molar-refractivity contribution in [3.05, 3.63) is 119 Å².